The van der Waals surface area contributed by atoms with E-state index in [0.717, 1.165) is 12.8 Å². The van der Waals surface area contributed by atoms with Crippen molar-refractivity contribution in [3.05, 3.63) is 36.0 Å². The Bertz CT molecular complexity index is 527. The zero-order valence-electron chi connectivity index (χ0n) is 9.68. The summed E-state index contributed by atoms with van der Waals surface area (Å²) < 4.78 is 0. The molecular weight excluding hydrogens is 230 g/mol. The van der Waals surface area contributed by atoms with Crippen molar-refractivity contribution in [1.29, 1.82) is 5.26 Å². The fraction of sp³-hybridized carbons (Fsp3) is 0.231. The first-order valence-electron chi connectivity index (χ1n) is 5.66. The lowest BCUT2D eigenvalue weighted by Gasteiger charge is -2.04. The van der Waals surface area contributed by atoms with Crippen LogP contribution in [0.1, 0.15) is 12.8 Å². The van der Waals surface area contributed by atoms with E-state index in [1.807, 2.05) is 6.07 Å². The first-order valence-corrected chi connectivity index (χ1v) is 5.66. The summed E-state index contributed by atoms with van der Waals surface area (Å²) in [7, 11) is 0. The number of phenolic OH excluding ortho intramolecular Hbond substituents is 1. The van der Waals surface area contributed by atoms with Crippen LogP contribution in [0.3, 0.4) is 0 Å². The minimum absolute atomic E-state index is 0.0187. The van der Waals surface area contributed by atoms with Gasteiger partial charge >= 0.3 is 0 Å². The minimum Gasteiger partial charge on any atom is -0.508 e. The van der Waals surface area contributed by atoms with Crippen LogP contribution in [-0.4, -0.2) is 17.1 Å². The van der Waals surface area contributed by atoms with Crippen molar-refractivity contribution < 1.29 is 9.90 Å². The van der Waals surface area contributed by atoms with Gasteiger partial charge in [0.2, 0.25) is 0 Å². The molecule has 0 atom stereocenters. The Hall–Kier alpha value is -2.48. The Morgan fingerprint density at radius 2 is 2.28 bits per heavy atom. The monoisotopic (exact) mass is 243 g/mol. The fourth-order valence-electron chi connectivity index (χ4n) is 1.38. The summed E-state index contributed by atoms with van der Waals surface area (Å²) in [5.74, 6) is -0.428. The highest BCUT2D eigenvalue weighted by Crippen LogP contribution is 2.19. The molecule has 18 heavy (non-hydrogen) atoms. The van der Waals surface area contributed by atoms with Crippen LogP contribution in [-0.2, 0) is 4.79 Å². The summed E-state index contributed by atoms with van der Waals surface area (Å²) in [4.78, 5) is 11.8. The van der Waals surface area contributed by atoms with E-state index in [4.69, 9.17) is 5.26 Å². The maximum Gasteiger partial charge on any atom is 0.267 e. The number of nitriles is 1. The standard InChI is InChI=1S/C13H13N3O2/c14-7-9(8-15-10-4-5-10)13(18)16-11-2-1-3-12(17)6-11/h1-3,6,8,10,15,17H,4-5H2,(H,16,18)/b9-8-. The highest BCUT2D eigenvalue weighted by atomic mass is 16.3. The van der Waals surface area contributed by atoms with E-state index < -0.39 is 5.91 Å². The van der Waals surface area contributed by atoms with Gasteiger partial charge in [0.25, 0.3) is 5.91 Å². The van der Waals surface area contributed by atoms with Crippen molar-refractivity contribution >= 4 is 11.6 Å². The topological polar surface area (TPSA) is 85.2 Å². The molecule has 1 fully saturated rings. The molecule has 92 valence electrons. The number of aromatic hydroxyl groups is 1. The molecule has 1 aliphatic rings. The van der Waals surface area contributed by atoms with E-state index in [2.05, 4.69) is 10.6 Å². The second kappa shape index (κ2) is 5.23. The summed E-state index contributed by atoms with van der Waals surface area (Å²) in [6, 6.07) is 8.41. The van der Waals surface area contributed by atoms with E-state index >= 15 is 0 Å². The normalized spacial score (nSPS) is 14.7. The molecule has 1 aromatic rings. The van der Waals surface area contributed by atoms with Gasteiger partial charge in [0, 0.05) is 24.0 Å². The van der Waals surface area contributed by atoms with Gasteiger partial charge in [-0.05, 0) is 25.0 Å². The zero-order chi connectivity index (χ0) is 13.0. The van der Waals surface area contributed by atoms with E-state index in [1.54, 1.807) is 12.1 Å². The molecule has 1 aromatic carbocycles. The second-order valence-electron chi connectivity index (χ2n) is 4.12. The van der Waals surface area contributed by atoms with Crippen LogP contribution in [0, 0.1) is 11.3 Å². The van der Waals surface area contributed by atoms with E-state index in [1.165, 1.54) is 18.3 Å². The smallest absolute Gasteiger partial charge is 0.267 e. The number of rotatable bonds is 4. The number of anilines is 1. The van der Waals surface area contributed by atoms with Crippen LogP contribution in [0.25, 0.3) is 0 Å². The quantitative estimate of drug-likeness (QED) is 0.552. The molecule has 0 radical (unpaired) electrons. The molecule has 0 bridgehead atoms. The Labute approximate surface area is 105 Å². The lowest BCUT2D eigenvalue weighted by atomic mass is 10.2. The van der Waals surface area contributed by atoms with Crippen LogP contribution < -0.4 is 10.6 Å². The van der Waals surface area contributed by atoms with Gasteiger partial charge in [-0.15, -0.1) is 0 Å². The van der Waals surface area contributed by atoms with Crippen LogP contribution in [0.4, 0.5) is 5.69 Å². The van der Waals surface area contributed by atoms with Gasteiger partial charge in [0.1, 0.15) is 17.4 Å². The lowest BCUT2D eigenvalue weighted by molar-refractivity contribution is -0.112. The third-order valence-corrected chi connectivity index (χ3v) is 2.51. The number of hydrogen-bond acceptors (Lipinski definition) is 4. The van der Waals surface area contributed by atoms with Crippen molar-refractivity contribution in [1.82, 2.24) is 5.32 Å². The number of nitrogens with one attached hydrogen (secondary N) is 2. The number of carbonyl (C=O) groups excluding carboxylic acids is 1. The minimum atomic E-state index is -0.490. The number of phenols is 1. The second-order valence-corrected chi connectivity index (χ2v) is 4.12. The molecule has 1 saturated carbocycles. The van der Waals surface area contributed by atoms with E-state index in [-0.39, 0.29) is 11.3 Å². The predicted octanol–water partition coefficient (Wildman–Crippen LogP) is 1.49. The van der Waals surface area contributed by atoms with Gasteiger partial charge in [-0.2, -0.15) is 5.26 Å². The molecule has 0 unspecified atom stereocenters. The lowest BCUT2D eigenvalue weighted by Crippen LogP contribution is -2.17. The van der Waals surface area contributed by atoms with E-state index in [0.29, 0.717) is 11.7 Å². The highest BCUT2D eigenvalue weighted by Gasteiger charge is 2.20. The molecule has 2 rings (SSSR count). The average molecular weight is 243 g/mol. The SMILES string of the molecule is N#C/C(=C/NC1CC1)C(=O)Nc1cccc(O)c1. The largest absolute Gasteiger partial charge is 0.508 e. The Balaban J connectivity index is 2.01. The Morgan fingerprint density at radius 1 is 1.50 bits per heavy atom. The molecule has 5 heteroatoms. The van der Waals surface area contributed by atoms with Gasteiger partial charge in [0.05, 0.1) is 0 Å². The third kappa shape index (κ3) is 3.25. The Kier molecular flexibility index (Phi) is 3.49. The van der Waals surface area contributed by atoms with Crippen LogP contribution in [0.15, 0.2) is 36.0 Å². The molecule has 0 saturated heterocycles. The molecule has 1 aliphatic carbocycles. The summed E-state index contributed by atoms with van der Waals surface area (Å²) in [6.07, 6.45) is 3.59. The number of benzene rings is 1. The number of carbonyl (C=O) groups is 1. The van der Waals surface area contributed by atoms with Crippen LogP contribution in [0.2, 0.25) is 0 Å². The Morgan fingerprint density at radius 3 is 2.89 bits per heavy atom. The number of amides is 1. The molecule has 3 N–H and O–H groups in total. The van der Waals surface area contributed by atoms with Crippen molar-refractivity contribution in [3.8, 4) is 11.8 Å². The van der Waals surface area contributed by atoms with Gasteiger partial charge in [0.15, 0.2) is 0 Å². The molecule has 0 aromatic heterocycles. The van der Waals surface area contributed by atoms with Gasteiger partial charge in [-0.3, -0.25) is 4.79 Å². The molecule has 5 nitrogen and oxygen atoms in total. The van der Waals surface area contributed by atoms with Gasteiger partial charge in [-0.1, -0.05) is 6.07 Å². The molecule has 0 heterocycles. The van der Waals surface area contributed by atoms with E-state index in [9.17, 15) is 9.90 Å². The van der Waals surface area contributed by atoms with Crippen LogP contribution in [0.5, 0.6) is 5.75 Å². The highest BCUT2D eigenvalue weighted by molar-refractivity contribution is 6.06. The van der Waals surface area contributed by atoms with Crippen molar-refractivity contribution in [2.75, 3.05) is 5.32 Å². The summed E-state index contributed by atoms with van der Waals surface area (Å²) in [5, 5.41) is 23.7. The number of hydrogen-bond donors (Lipinski definition) is 3. The maximum atomic E-state index is 11.8. The van der Waals surface area contributed by atoms with Crippen molar-refractivity contribution in [2.45, 2.75) is 18.9 Å². The number of nitrogens with zero attached hydrogens (tertiary/aromatic N) is 1. The first-order chi connectivity index (χ1) is 8.69. The van der Waals surface area contributed by atoms with Crippen molar-refractivity contribution in [3.63, 3.8) is 0 Å². The summed E-state index contributed by atoms with van der Waals surface area (Å²) in [6.45, 7) is 0. The summed E-state index contributed by atoms with van der Waals surface area (Å²) >= 11 is 0. The van der Waals surface area contributed by atoms with Gasteiger partial charge in [-0.25, -0.2) is 0 Å². The predicted molar refractivity (Wildman–Crippen MR) is 66.6 cm³/mol. The van der Waals surface area contributed by atoms with Crippen molar-refractivity contribution in [2.24, 2.45) is 0 Å². The molecule has 0 aliphatic heterocycles. The zero-order valence-corrected chi connectivity index (χ0v) is 9.68. The summed E-state index contributed by atoms with van der Waals surface area (Å²) in [5.41, 5.74) is 0.470. The molecule has 1 amide bonds. The first kappa shape index (κ1) is 12.0. The molecular formula is C13H13N3O2. The molecule has 0 spiro atoms. The van der Waals surface area contributed by atoms with Gasteiger partial charge < -0.3 is 15.7 Å². The maximum absolute atomic E-state index is 11.8. The average Bonchev–Trinajstić information content (AvgIpc) is 3.14. The van der Waals surface area contributed by atoms with Crippen LogP contribution >= 0.6 is 0 Å². The third-order valence-electron chi connectivity index (χ3n) is 2.51. The fourth-order valence-corrected chi connectivity index (χ4v) is 1.38.